The molecule has 1 aromatic carbocycles. The molecule has 106 valence electrons. The zero-order valence-corrected chi connectivity index (χ0v) is 13.8. The minimum atomic E-state index is 0.320. The quantitative estimate of drug-likeness (QED) is 0.765. The molecule has 0 amide bonds. The molecular weight excluding hydrogens is 298 g/mol. The van der Waals surface area contributed by atoms with Gasteiger partial charge in [0.2, 0.25) is 0 Å². The van der Waals surface area contributed by atoms with E-state index in [2.05, 4.69) is 59.4 Å². The van der Waals surface area contributed by atoms with Crippen molar-refractivity contribution < 1.29 is 0 Å². The second-order valence-electron chi connectivity index (χ2n) is 6.21. The van der Waals surface area contributed by atoms with Gasteiger partial charge < -0.3 is 5.32 Å². The predicted molar refractivity (Wildman–Crippen MR) is 86.7 cm³/mol. The Morgan fingerprint density at radius 2 is 1.74 bits per heavy atom. The molecule has 0 saturated heterocycles. The van der Waals surface area contributed by atoms with E-state index < -0.39 is 0 Å². The summed E-state index contributed by atoms with van der Waals surface area (Å²) in [6.07, 6.45) is 8.15. The average molecular weight is 324 g/mol. The van der Waals surface area contributed by atoms with Gasteiger partial charge >= 0.3 is 0 Å². The van der Waals surface area contributed by atoms with E-state index in [1.807, 2.05) is 0 Å². The molecule has 19 heavy (non-hydrogen) atoms. The minimum Gasteiger partial charge on any atom is -0.314 e. The van der Waals surface area contributed by atoms with Crippen molar-refractivity contribution in [3.63, 3.8) is 0 Å². The van der Waals surface area contributed by atoms with Crippen LogP contribution in [0.1, 0.15) is 57.9 Å². The summed E-state index contributed by atoms with van der Waals surface area (Å²) in [5.41, 5.74) is 1.82. The summed E-state index contributed by atoms with van der Waals surface area (Å²) < 4.78 is 1.28. The third-order valence-corrected chi connectivity index (χ3v) is 5.05. The van der Waals surface area contributed by atoms with Crippen LogP contribution >= 0.6 is 15.9 Å². The van der Waals surface area contributed by atoms with Crippen molar-refractivity contribution in [3.8, 4) is 0 Å². The maximum absolute atomic E-state index is 3.77. The first-order valence-corrected chi connectivity index (χ1v) is 8.42. The lowest BCUT2D eigenvalue weighted by Crippen LogP contribution is -2.41. The Labute approximate surface area is 126 Å². The van der Waals surface area contributed by atoms with Crippen molar-refractivity contribution in [1.82, 2.24) is 5.32 Å². The first kappa shape index (κ1) is 15.1. The first-order valence-electron chi connectivity index (χ1n) is 7.62. The van der Waals surface area contributed by atoms with E-state index in [4.69, 9.17) is 0 Å². The number of hydrogen-bond acceptors (Lipinski definition) is 1. The van der Waals surface area contributed by atoms with Gasteiger partial charge in [-0.05, 0) is 24.5 Å². The molecule has 0 atom stereocenters. The smallest absolute Gasteiger partial charge is 0.0213 e. The number of benzene rings is 1. The van der Waals surface area contributed by atoms with Crippen LogP contribution in [-0.2, 0) is 5.41 Å². The SMILES string of the molecule is CC(C)NCC1(c2ccccc2Br)CCCCCC1. The van der Waals surface area contributed by atoms with Crippen molar-refractivity contribution in [1.29, 1.82) is 0 Å². The Balaban J connectivity index is 2.29. The Morgan fingerprint density at radius 1 is 1.11 bits per heavy atom. The zero-order valence-electron chi connectivity index (χ0n) is 12.2. The number of nitrogens with one attached hydrogen (secondary N) is 1. The highest BCUT2D eigenvalue weighted by molar-refractivity contribution is 9.10. The molecule has 0 bridgehead atoms. The Hall–Kier alpha value is -0.340. The summed E-state index contributed by atoms with van der Waals surface area (Å²) in [6, 6.07) is 9.37. The van der Waals surface area contributed by atoms with Crippen LogP contribution in [0, 0.1) is 0 Å². The fraction of sp³-hybridized carbons (Fsp3) is 0.647. The van der Waals surface area contributed by atoms with Crippen molar-refractivity contribution in [2.45, 2.75) is 63.8 Å². The Bertz CT molecular complexity index is 392. The molecule has 0 unspecified atom stereocenters. The topological polar surface area (TPSA) is 12.0 Å². The van der Waals surface area contributed by atoms with Gasteiger partial charge in [0.25, 0.3) is 0 Å². The van der Waals surface area contributed by atoms with Gasteiger partial charge in [-0.2, -0.15) is 0 Å². The maximum atomic E-state index is 3.77. The molecule has 1 aliphatic carbocycles. The highest BCUT2D eigenvalue weighted by atomic mass is 79.9. The molecule has 0 aromatic heterocycles. The lowest BCUT2D eigenvalue weighted by atomic mass is 9.74. The Kier molecular flexibility index (Phi) is 5.47. The monoisotopic (exact) mass is 323 g/mol. The fourth-order valence-corrected chi connectivity index (χ4v) is 3.94. The van der Waals surface area contributed by atoms with E-state index in [0.29, 0.717) is 11.5 Å². The van der Waals surface area contributed by atoms with Crippen LogP contribution in [0.25, 0.3) is 0 Å². The molecule has 2 rings (SSSR count). The molecule has 1 aromatic rings. The minimum absolute atomic E-state index is 0.320. The summed E-state index contributed by atoms with van der Waals surface area (Å²) in [7, 11) is 0. The van der Waals surface area contributed by atoms with E-state index in [9.17, 15) is 0 Å². The van der Waals surface area contributed by atoms with Gasteiger partial charge in [0.05, 0.1) is 0 Å². The molecule has 2 heteroatoms. The standard InChI is InChI=1S/C17H26BrN/c1-14(2)19-13-17(11-7-3-4-8-12-17)15-9-5-6-10-16(15)18/h5-6,9-10,14,19H,3-4,7-8,11-13H2,1-2H3. The van der Waals surface area contributed by atoms with Gasteiger partial charge in [0, 0.05) is 22.5 Å². The van der Waals surface area contributed by atoms with Crippen molar-refractivity contribution in [2.75, 3.05) is 6.54 Å². The molecular formula is C17H26BrN. The van der Waals surface area contributed by atoms with E-state index in [0.717, 1.165) is 6.54 Å². The van der Waals surface area contributed by atoms with Crippen LogP contribution in [0.5, 0.6) is 0 Å². The van der Waals surface area contributed by atoms with Gasteiger partial charge in [-0.25, -0.2) is 0 Å². The molecule has 0 spiro atoms. The molecule has 1 N–H and O–H groups in total. The molecule has 1 saturated carbocycles. The van der Waals surface area contributed by atoms with Gasteiger partial charge in [-0.3, -0.25) is 0 Å². The van der Waals surface area contributed by atoms with Crippen LogP contribution in [-0.4, -0.2) is 12.6 Å². The van der Waals surface area contributed by atoms with Crippen LogP contribution in [0.4, 0.5) is 0 Å². The molecule has 0 heterocycles. The summed E-state index contributed by atoms with van der Waals surface area (Å²) in [4.78, 5) is 0. The van der Waals surface area contributed by atoms with Gasteiger partial charge in [0.1, 0.15) is 0 Å². The van der Waals surface area contributed by atoms with E-state index in [1.165, 1.54) is 48.6 Å². The van der Waals surface area contributed by atoms with Crippen LogP contribution in [0.3, 0.4) is 0 Å². The summed E-state index contributed by atoms with van der Waals surface area (Å²) in [5.74, 6) is 0. The summed E-state index contributed by atoms with van der Waals surface area (Å²) in [6.45, 7) is 5.59. The van der Waals surface area contributed by atoms with Gasteiger partial charge in [-0.1, -0.05) is 73.7 Å². The highest BCUT2D eigenvalue weighted by Gasteiger charge is 2.34. The van der Waals surface area contributed by atoms with Gasteiger partial charge in [0.15, 0.2) is 0 Å². The third kappa shape index (κ3) is 3.82. The summed E-state index contributed by atoms with van der Waals surface area (Å²) in [5, 5.41) is 3.69. The zero-order chi connectivity index (χ0) is 13.7. The van der Waals surface area contributed by atoms with Crippen LogP contribution in [0.2, 0.25) is 0 Å². The summed E-state index contributed by atoms with van der Waals surface area (Å²) >= 11 is 3.77. The lowest BCUT2D eigenvalue weighted by Gasteiger charge is -2.35. The normalized spacial score (nSPS) is 19.4. The molecule has 1 nitrogen and oxygen atoms in total. The third-order valence-electron chi connectivity index (χ3n) is 4.35. The van der Waals surface area contributed by atoms with Gasteiger partial charge in [-0.15, -0.1) is 0 Å². The van der Waals surface area contributed by atoms with Crippen LogP contribution < -0.4 is 5.32 Å². The van der Waals surface area contributed by atoms with Crippen molar-refractivity contribution in [3.05, 3.63) is 34.3 Å². The van der Waals surface area contributed by atoms with Crippen molar-refractivity contribution in [2.24, 2.45) is 0 Å². The largest absolute Gasteiger partial charge is 0.314 e. The highest BCUT2D eigenvalue weighted by Crippen LogP contribution is 2.41. The van der Waals surface area contributed by atoms with Crippen LogP contribution in [0.15, 0.2) is 28.7 Å². The molecule has 0 aliphatic heterocycles. The fourth-order valence-electron chi connectivity index (χ4n) is 3.24. The molecule has 1 aliphatic rings. The molecule has 1 fully saturated rings. The maximum Gasteiger partial charge on any atom is 0.0213 e. The van der Waals surface area contributed by atoms with E-state index >= 15 is 0 Å². The van der Waals surface area contributed by atoms with Crippen molar-refractivity contribution >= 4 is 15.9 Å². The Morgan fingerprint density at radius 3 is 2.32 bits per heavy atom. The second-order valence-corrected chi connectivity index (χ2v) is 7.06. The first-order chi connectivity index (χ1) is 9.14. The average Bonchev–Trinajstić information content (AvgIpc) is 2.63. The number of rotatable bonds is 4. The predicted octanol–water partition coefficient (Wildman–Crippen LogP) is 5.04. The number of halogens is 1. The van der Waals surface area contributed by atoms with E-state index in [1.54, 1.807) is 0 Å². The second kappa shape index (κ2) is 6.90. The number of hydrogen-bond donors (Lipinski definition) is 1. The van der Waals surface area contributed by atoms with E-state index in [-0.39, 0.29) is 0 Å². The molecule has 0 radical (unpaired) electrons. The lowest BCUT2D eigenvalue weighted by molar-refractivity contribution is 0.334.